The maximum absolute atomic E-state index is 8.51. The number of halogens is 3. The van der Waals surface area contributed by atoms with Gasteiger partial charge >= 0.3 is 0 Å². The van der Waals surface area contributed by atoms with Gasteiger partial charge in [-0.1, -0.05) is 34.8 Å². The van der Waals surface area contributed by atoms with Crippen LogP contribution >= 0.6 is 34.8 Å². The molecule has 2 nitrogen and oxygen atoms in total. The minimum Gasteiger partial charge on any atom is -0.353 e. The van der Waals surface area contributed by atoms with Gasteiger partial charge in [0.25, 0.3) is 0 Å². The topological polar surface area (TPSA) is 39.6 Å². The Bertz CT molecular complexity index is 292. The van der Waals surface area contributed by atoms with Gasteiger partial charge in [0.05, 0.1) is 0 Å². The quantitative estimate of drug-likeness (QED) is 0.656. The number of alkyl halides is 3. The van der Waals surface area contributed by atoms with Crippen molar-refractivity contribution in [3.05, 3.63) is 23.5 Å². The van der Waals surface area contributed by atoms with Crippen LogP contribution < -0.4 is 0 Å². The molecule has 0 atom stereocenters. The second kappa shape index (κ2) is 2.94. The van der Waals surface area contributed by atoms with E-state index in [1.165, 1.54) is 0 Å². The third-order valence-corrected chi connectivity index (χ3v) is 1.78. The van der Waals surface area contributed by atoms with Crippen molar-refractivity contribution in [1.29, 1.82) is 5.26 Å². The third-order valence-electron chi connectivity index (χ3n) is 1.16. The van der Waals surface area contributed by atoms with E-state index in [0.717, 1.165) is 0 Å². The Morgan fingerprint density at radius 1 is 1.45 bits per heavy atom. The van der Waals surface area contributed by atoms with Crippen molar-refractivity contribution in [2.24, 2.45) is 0 Å². The molecule has 0 fully saturated rings. The lowest BCUT2D eigenvalue weighted by atomic mass is 10.3. The Morgan fingerprint density at radius 2 is 2.09 bits per heavy atom. The summed E-state index contributed by atoms with van der Waals surface area (Å²) in [5.41, 5.74) is 0.662. The van der Waals surface area contributed by atoms with Crippen LogP contribution in [-0.2, 0) is 3.79 Å². The summed E-state index contributed by atoms with van der Waals surface area (Å²) in [7, 11) is 0. The zero-order chi connectivity index (χ0) is 8.48. The van der Waals surface area contributed by atoms with Crippen LogP contribution in [0.3, 0.4) is 0 Å². The molecule has 0 amide bonds. The molecule has 0 aliphatic carbocycles. The van der Waals surface area contributed by atoms with Crippen molar-refractivity contribution in [1.82, 2.24) is 4.98 Å². The molecule has 1 heterocycles. The molecule has 0 aliphatic heterocycles. The van der Waals surface area contributed by atoms with Gasteiger partial charge in [-0.3, -0.25) is 0 Å². The van der Waals surface area contributed by atoms with Crippen LogP contribution in [0.5, 0.6) is 0 Å². The van der Waals surface area contributed by atoms with Crippen LogP contribution in [0.15, 0.2) is 12.3 Å². The molecule has 1 N–H and O–H groups in total. The molecule has 58 valence electrons. The highest BCUT2D eigenvalue weighted by atomic mass is 35.6. The van der Waals surface area contributed by atoms with E-state index in [4.69, 9.17) is 40.1 Å². The molecule has 0 radical (unpaired) electrons. The first-order valence-corrected chi connectivity index (χ1v) is 3.84. The lowest BCUT2D eigenvalue weighted by molar-refractivity contribution is 1.21. The van der Waals surface area contributed by atoms with E-state index in [0.29, 0.717) is 5.56 Å². The minimum absolute atomic E-state index is 0.282. The van der Waals surface area contributed by atoms with E-state index in [2.05, 4.69) is 4.98 Å². The van der Waals surface area contributed by atoms with Crippen molar-refractivity contribution in [2.75, 3.05) is 0 Å². The molecular formula is C6H3Cl3N2. The van der Waals surface area contributed by atoms with Gasteiger partial charge in [-0.2, -0.15) is 5.26 Å². The van der Waals surface area contributed by atoms with Gasteiger partial charge in [-0.15, -0.1) is 0 Å². The van der Waals surface area contributed by atoms with Crippen LogP contribution in [0.25, 0.3) is 0 Å². The van der Waals surface area contributed by atoms with Gasteiger partial charge in [-0.05, 0) is 6.07 Å². The first-order chi connectivity index (χ1) is 5.05. The van der Waals surface area contributed by atoms with E-state index in [9.17, 15) is 0 Å². The SMILES string of the molecule is N#Cc1[nH]ccc1C(Cl)(Cl)Cl. The number of nitrogens with one attached hydrogen (secondary N) is 1. The first-order valence-electron chi connectivity index (χ1n) is 2.70. The summed E-state index contributed by atoms with van der Waals surface area (Å²) < 4.78 is -1.52. The maximum atomic E-state index is 8.51. The second-order valence-electron chi connectivity index (χ2n) is 1.88. The van der Waals surface area contributed by atoms with Crippen LogP contribution in [-0.4, -0.2) is 4.98 Å². The van der Waals surface area contributed by atoms with Crippen molar-refractivity contribution >= 4 is 34.8 Å². The summed E-state index contributed by atoms with van der Waals surface area (Å²) in [6.45, 7) is 0. The third kappa shape index (κ3) is 1.81. The molecule has 11 heavy (non-hydrogen) atoms. The monoisotopic (exact) mass is 208 g/mol. The van der Waals surface area contributed by atoms with E-state index in [1.54, 1.807) is 12.3 Å². The number of H-pyrrole nitrogens is 1. The first kappa shape index (κ1) is 8.73. The zero-order valence-electron chi connectivity index (χ0n) is 5.24. The van der Waals surface area contributed by atoms with E-state index in [-0.39, 0.29) is 5.69 Å². The number of aromatic nitrogens is 1. The number of hydrogen-bond donors (Lipinski definition) is 1. The number of nitrogens with zero attached hydrogens (tertiary/aromatic N) is 1. The molecule has 0 aromatic carbocycles. The van der Waals surface area contributed by atoms with Gasteiger partial charge in [0, 0.05) is 11.8 Å². The standard InChI is InChI=1S/C6H3Cl3N2/c7-6(8,9)4-1-2-11-5(4)3-10/h1-2,11H. The molecule has 0 spiro atoms. The molecule has 0 saturated carbocycles. The van der Waals surface area contributed by atoms with Crippen LogP contribution in [0.4, 0.5) is 0 Å². The molecule has 0 unspecified atom stereocenters. The molecule has 0 aliphatic rings. The zero-order valence-corrected chi connectivity index (χ0v) is 7.50. The summed E-state index contributed by atoms with van der Waals surface area (Å²) >= 11 is 16.6. The summed E-state index contributed by atoms with van der Waals surface area (Å²) in [4.78, 5) is 2.65. The molecule has 1 rings (SSSR count). The molecule has 0 saturated heterocycles. The Hall–Kier alpha value is -0.360. The highest BCUT2D eigenvalue weighted by Crippen LogP contribution is 2.39. The van der Waals surface area contributed by atoms with Crippen molar-refractivity contribution in [2.45, 2.75) is 3.79 Å². The minimum atomic E-state index is -1.52. The molecule has 5 heteroatoms. The normalized spacial score (nSPS) is 11.1. The Balaban J connectivity index is 3.15. The average Bonchev–Trinajstić information content (AvgIpc) is 2.31. The Labute approximate surface area is 78.7 Å². The predicted molar refractivity (Wildman–Crippen MR) is 44.7 cm³/mol. The van der Waals surface area contributed by atoms with E-state index >= 15 is 0 Å². The highest BCUT2D eigenvalue weighted by molar-refractivity contribution is 6.66. The summed E-state index contributed by atoms with van der Waals surface area (Å²) in [6, 6.07) is 3.43. The van der Waals surface area contributed by atoms with Crippen LogP contribution in [0.2, 0.25) is 0 Å². The molecule has 1 aromatic heterocycles. The van der Waals surface area contributed by atoms with Gasteiger partial charge < -0.3 is 4.98 Å². The Morgan fingerprint density at radius 3 is 2.45 bits per heavy atom. The number of nitriles is 1. The number of hydrogen-bond acceptors (Lipinski definition) is 1. The fourth-order valence-electron chi connectivity index (χ4n) is 0.698. The number of aromatic amines is 1. The smallest absolute Gasteiger partial charge is 0.218 e. The lowest BCUT2D eigenvalue weighted by Crippen LogP contribution is -2.00. The number of rotatable bonds is 0. The maximum Gasteiger partial charge on any atom is 0.218 e. The fraction of sp³-hybridized carbons (Fsp3) is 0.167. The lowest BCUT2D eigenvalue weighted by Gasteiger charge is -2.07. The summed E-state index contributed by atoms with van der Waals surface area (Å²) in [5, 5.41) is 8.51. The van der Waals surface area contributed by atoms with Gasteiger partial charge in [0.15, 0.2) is 0 Å². The fourth-order valence-corrected chi connectivity index (χ4v) is 1.17. The summed E-state index contributed by atoms with van der Waals surface area (Å²) in [6.07, 6.45) is 1.55. The molecule has 0 bridgehead atoms. The summed E-state index contributed by atoms with van der Waals surface area (Å²) in [5.74, 6) is 0. The van der Waals surface area contributed by atoms with Crippen molar-refractivity contribution in [3.63, 3.8) is 0 Å². The van der Waals surface area contributed by atoms with Gasteiger partial charge in [-0.25, -0.2) is 0 Å². The van der Waals surface area contributed by atoms with Crippen LogP contribution in [0.1, 0.15) is 11.3 Å². The Kier molecular flexibility index (Phi) is 2.34. The predicted octanol–water partition coefficient (Wildman–Crippen LogP) is 2.71. The molecular weight excluding hydrogens is 206 g/mol. The second-order valence-corrected chi connectivity index (χ2v) is 4.16. The molecule has 1 aromatic rings. The van der Waals surface area contributed by atoms with Gasteiger partial charge in [0.2, 0.25) is 3.79 Å². The largest absolute Gasteiger partial charge is 0.353 e. The van der Waals surface area contributed by atoms with E-state index in [1.807, 2.05) is 6.07 Å². The highest BCUT2D eigenvalue weighted by Gasteiger charge is 2.26. The van der Waals surface area contributed by atoms with Crippen molar-refractivity contribution < 1.29 is 0 Å². The van der Waals surface area contributed by atoms with Crippen LogP contribution in [0, 0.1) is 11.3 Å². The van der Waals surface area contributed by atoms with E-state index < -0.39 is 3.79 Å². The van der Waals surface area contributed by atoms with Gasteiger partial charge in [0.1, 0.15) is 11.8 Å². The van der Waals surface area contributed by atoms with Crippen molar-refractivity contribution in [3.8, 4) is 6.07 Å². The average molecular weight is 209 g/mol.